The summed E-state index contributed by atoms with van der Waals surface area (Å²) in [5.74, 6) is 0.0611. The lowest BCUT2D eigenvalue weighted by Gasteiger charge is -2.25. The number of carbonyl (C=O) groups is 2. The Bertz CT molecular complexity index is 1030. The molecular weight excluding hydrogens is 364 g/mol. The van der Waals surface area contributed by atoms with E-state index in [1.165, 1.54) is 0 Å². The van der Waals surface area contributed by atoms with Crippen molar-refractivity contribution in [3.8, 4) is 5.75 Å². The molecule has 4 rings (SSSR count). The lowest BCUT2D eigenvalue weighted by molar-refractivity contribution is -0.127. The molecule has 5 nitrogen and oxygen atoms in total. The van der Waals surface area contributed by atoms with E-state index in [1.54, 1.807) is 11.1 Å². The molecular formula is C24H26N2O3. The highest BCUT2D eigenvalue weighted by molar-refractivity contribution is 6.44. The third-order valence-corrected chi connectivity index (χ3v) is 5.55. The molecule has 150 valence electrons. The Balaban J connectivity index is 1.54. The van der Waals surface area contributed by atoms with Crippen molar-refractivity contribution in [2.75, 3.05) is 19.7 Å². The van der Waals surface area contributed by atoms with Gasteiger partial charge in [-0.25, -0.2) is 0 Å². The van der Waals surface area contributed by atoms with Crippen LogP contribution in [0.4, 0.5) is 0 Å². The number of hydrogen-bond donors (Lipinski definition) is 0. The van der Waals surface area contributed by atoms with Gasteiger partial charge in [0.25, 0.3) is 11.7 Å². The molecule has 0 N–H and O–H groups in total. The average Bonchev–Trinajstić information content (AvgIpc) is 3.13. The summed E-state index contributed by atoms with van der Waals surface area (Å²) in [6, 6.07) is 15.6. The summed E-state index contributed by atoms with van der Waals surface area (Å²) in [5.41, 5.74) is 2.51. The first-order valence-electron chi connectivity index (χ1n) is 10.2. The fourth-order valence-electron chi connectivity index (χ4n) is 3.94. The third-order valence-electron chi connectivity index (χ3n) is 5.55. The Morgan fingerprint density at radius 1 is 0.966 bits per heavy atom. The van der Waals surface area contributed by atoms with E-state index in [0.29, 0.717) is 31.8 Å². The maximum atomic E-state index is 13.0. The summed E-state index contributed by atoms with van der Waals surface area (Å²) >= 11 is 0. The number of para-hydroxylation sites is 2. The van der Waals surface area contributed by atoms with Crippen LogP contribution in [0.15, 0.2) is 54.7 Å². The maximum absolute atomic E-state index is 13.0. The van der Waals surface area contributed by atoms with Crippen LogP contribution in [0.3, 0.4) is 0 Å². The molecule has 1 aliphatic heterocycles. The number of amides is 1. The van der Waals surface area contributed by atoms with Crippen molar-refractivity contribution in [1.82, 2.24) is 9.47 Å². The van der Waals surface area contributed by atoms with Crippen LogP contribution >= 0.6 is 0 Å². The van der Waals surface area contributed by atoms with E-state index in [2.05, 4.69) is 0 Å². The SMILES string of the molecule is Cc1ccccc1OCCn1cc(C(=O)C(=O)N2CCCCC2)c2ccccc21. The van der Waals surface area contributed by atoms with Gasteiger partial charge in [0.15, 0.2) is 0 Å². The van der Waals surface area contributed by atoms with Crippen LogP contribution in [0, 0.1) is 6.92 Å². The number of aromatic nitrogens is 1. The van der Waals surface area contributed by atoms with Gasteiger partial charge in [-0.2, -0.15) is 0 Å². The number of Topliss-reactive ketones (excluding diaryl/α,β-unsaturated/α-hetero) is 1. The highest BCUT2D eigenvalue weighted by Gasteiger charge is 2.27. The van der Waals surface area contributed by atoms with Gasteiger partial charge in [0.1, 0.15) is 12.4 Å². The second kappa shape index (κ2) is 8.52. The van der Waals surface area contributed by atoms with Gasteiger partial charge in [0.05, 0.1) is 12.1 Å². The number of carbonyl (C=O) groups excluding carboxylic acids is 2. The summed E-state index contributed by atoms with van der Waals surface area (Å²) in [5, 5.41) is 0.818. The van der Waals surface area contributed by atoms with Crippen LogP contribution in [0.5, 0.6) is 5.75 Å². The second-order valence-corrected chi connectivity index (χ2v) is 7.55. The van der Waals surface area contributed by atoms with Crippen LogP contribution in [0.1, 0.15) is 35.2 Å². The van der Waals surface area contributed by atoms with Crippen LogP contribution in [0.2, 0.25) is 0 Å². The lowest BCUT2D eigenvalue weighted by Crippen LogP contribution is -2.40. The highest BCUT2D eigenvalue weighted by atomic mass is 16.5. The predicted molar refractivity (Wildman–Crippen MR) is 113 cm³/mol. The molecule has 0 unspecified atom stereocenters. The number of aryl methyl sites for hydroxylation is 1. The molecule has 2 heterocycles. The van der Waals surface area contributed by atoms with Crippen LogP contribution in [0.25, 0.3) is 10.9 Å². The van der Waals surface area contributed by atoms with E-state index in [-0.39, 0.29) is 5.91 Å². The second-order valence-electron chi connectivity index (χ2n) is 7.55. The number of rotatable bonds is 6. The molecule has 2 aromatic carbocycles. The molecule has 1 saturated heterocycles. The van der Waals surface area contributed by atoms with Gasteiger partial charge >= 0.3 is 0 Å². The number of hydrogen-bond acceptors (Lipinski definition) is 3. The molecule has 0 saturated carbocycles. The molecule has 1 aliphatic rings. The fourth-order valence-corrected chi connectivity index (χ4v) is 3.94. The fraction of sp³-hybridized carbons (Fsp3) is 0.333. The Morgan fingerprint density at radius 3 is 2.48 bits per heavy atom. The topological polar surface area (TPSA) is 51.5 Å². The quantitative estimate of drug-likeness (QED) is 0.468. The normalized spacial score (nSPS) is 14.2. The van der Waals surface area contributed by atoms with Crippen molar-refractivity contribution in [3.63, 3.8) is 0 Å². The lowest BCUT2D eigenvalue weighted by atomic mass is 10.1. The van der Waals surface area contributed by atoms with Gasteiger partial charge in [-0.3, -0.25) is 9.59 Å². The van der Waals surface area contributed by atoms with Crippen molar-refractivity contribution in [2.24, 2.45) is 0 Å². The molecule has 3 aromatic rings. The summed E-state index contributed by atoms with van der Waals surface area (Å²) in [7, 11) is 0. The summed E-state index contributed by atoms with van der Waals surface area (Å²) in [6.07, 6.45) is 4.86. The first-order chi connectivity index (χ1) is 14.1. The Kier molecular flexibility index (Phi) is 5.65. The molecule has 0 spiro atoms. The minimum Gasteiger partial charge on any atom is -0.491 e. The molecule has 1 fully saturated rings. The zero-order valence-electron chi connectivity index (χ0n) is 16.8. The van der Waals surface area contributed by atoms with E-state index in [0.717, 1.165) is 41.5 Å². The zero-order valence-corrected chi connectivity index (χ0v) is 16.8. The molecule has 1 aromatic heterocycles. The van der Waals surface area contributed by atoms with Crippen molar-refractivity contribution >= 4 is 22.6 Å². The molecule has 1 amide bonds. The van der Waals surface area contributed by atoms with Crippen molar-refractivity contribution < 1.29 is 14.3 Å². The number of ketones is 1. The summed E-state index contributed by atoms with van der Waals surface area (Å²) in [6.45, 7) is 4.45. The van der Waals surface area contributed by atoms with Crippen molar-refractivity contribution in [1.29, 1.82) is 0 Å². The summed E-state index contributed by atoms with van der Waals surface area (Å²) in [4.78, 5) is 27.4. The number of benzene rings is 2. The largest absolute Gasteiger partial charge is 0.491 e. The van der Waals surface area contributed by atoms with Crippen LogP contribution < -0.4 is 4.74 Å². The molecule has 0 bridgehead atoms. The number of fused-ring (bicyclic) bond motifs is 1. The van der Waals surface area contributed by atoms with Gasteiger partial charge in [0, 0.05) is 30.2 Å². The molecule has 0 radical (unpaired) electrons. The van der Waals surface area contributed by atoms with Crippen LogP contribution in [-0.2, 0) is 11.3 Å². The number of ether oxygens (including phenoxy) is 1. The number of nitrogens with zero attached hydrogens (tertiary/aromatic N) is 2. The first kappa shape index (κ1) is 19.2. The van der Waals surface area contributed by atoms with E-state index in [1.807, 2.05) is 60.0 Å². The van der Waals surface area contributed by atoms with Gasteiger partial charge in [-0.1, -0.05) is 36.4 Å². The van der Waals surface area contributed by atoms with Gasteiger partial charge in [0.2, 0.25) is 0 Å². The van der Waals surface area contributed by atoms with Gasteiger partial charge < -0.3 is 14.2 Å². The standard InChI is InChI=1S/C24H26N2O3/c1-18-9-3-6-12-22(18)29-16-15-26-17-20(19-10-4-5-11-21(19)26)23(27)24(28)25-13-7-2-8-14-25/h3-6,9-12,17H,2,7-8,13-16H2,1H3. The Morgan fingerprint density at radius 2 is 1.69 bits per heavy atom. The molecule has 0 aliphatic carbocycles. The van der Waals surface area contributed by atoms with E-state index in [9.17, 15) is 9.59 Å². The molecule has 0 atom stereocenters. The average molecular weight is 390 g/mol. The number of piperidine rings is 1. The zero-order chi connectivity index (χ0) is 20.2. The number of likely N-dealkylation sites (tertiary alicyclic amines) is 1. The Hall–Kier alpha value is -3.08. The molecule has 29 heavy (non-hydrogen) atoms. The minimum atomic E-state index is -0.415. The predicted octanol–water partition coefficient (Wildman–Crippen LogP) is 4.22. The molecule has 5 heteroatoms. The van der Waals surface area contributed by atoms with Crippen molar-refractivity contribution in [2.45, 2.75) is 32.7 Å². The monoisotopic (exact) mass is 390 g/mol. The van der Waals surface area contributed by atoms with E-state index in [4.69, 9.17) is 4.74 Å². The smallest absolute Gasteiger partial charge is 0.295 e. The maximum Gasteiger partial charge on any atom is 0.295 e. The van der Waals surface area contributed by atoms with E-state index >= 15 is 0 Å². The van der Waals surface area contributed by atoms with E-state index < -0.39 is 5.78 Å². The van der Waals surface area contributed by atoms with Gasteiger partial charge in [-0.05, 0) is 43.9 Å². The Labute approximate surface area is 170 Å². The third kappa shape index (κ3) is 4.04. The van der Waals surface area contributed by atoms with Crippen LogP contribution in [-0.4, -0.2) is 40.9 Å². The van der Waals surface area contributed by atoms with Crippen molar-refractivity contribution in [3.05, 3.63) is 65.9 Å². The van der Waals surface area contributed by atoms with Gasteiger partial charge in [-0.15, -0.1) is 0 Å². The highest BCUT2D eigenvalue weighted by Crippen LogP contribution is 2.23. The summed E-state index contributed by atoms with van der Waals surface area (Å²) < 4.78 is 7.93. The minimum absolute atomic E-state index is 0.385. The first-order valence-corrected chi connectivity index (χ1v) is 10.2.